The first-order chi connectivity index (χ1) is 14.7. The van der Waals surface area contributed by atoms with E-state index in [0.717, 1.165) is 47.8 Å². The fourth-order valence-electron chi connectivity index (χ4n) is 4.49. The first-order valence-corrected chi connectivity index (χ1v) is 10.7. The van der Waals surface area contributed by atoms with Gasteiger partial charge in [-0.25, -0.2) is 4.79 Å². The molecule has 7 nitrogen and oxygen atoms in total. The van der Waals surface area contributed by atoms with Crippen LogP contribution in [0.5, 0.6) is 5.75 Å². The SMILES string of the molecule is COc1ccc(CCn2c(C)cc(C(=O)CN3C(=O)N[C@](C)(C4CC4)C3=O)c2C)cc1. The number of nitrogens with one attached hydrogen (secondary N) is 1. The van der Waals surface area contributed by atoms with E-state index in [4.69, 9.17) is 4.74 Å². The van der Waals surface area contributed by atoms with E-state index >= 15 is 0 Å². The topological polar surface area (TPSA) is 80.6 Å². The maximum absolute atomic E-state index is 13.0. The van der Waals surface area contributed by atoms with Crippen molar-refractivity contribution in [3.8, 4) is 5.75 Å². The molecule has 1 aliphatic carbocycles. The van der Waals surface area contributed by atoms with Gasteiger partial charge in [0, 0.05) is 23.5 Å². The number of amides is 3. The van der Waals surface area contributed by atoms with Gasteiger partial charge in [0.15, 0.2) is 5.78 Å². The fraction of sp³-hybridized carbons (Fsp3) is 0.458. The normalized spacial score (nSPS) is 20.8. The molecule has 31 heavy (non-hydrogen) atoms. The van der Waals surface area contributed by atoms with E-state index in [1.807, 2.05) is 44.2 Å². The number of rotatable bonds is 8. The predicted octanol–water partition coefficient (Wildman–Crippen LogP) is 3.26. The lowest BCUT2D eigenvalue weighted by Gasteiger charge is -2.20. The van der Waals surface area contributed by atoms with Gasteiger partial charge in [0.05, 0.1) is 13.7 Å². The van der Waals surface area contributed by atoms with Crippen molar-refractivity contribution >= 4 is 17.7 Å². The van der Waals surface area contributed by atoms with Crippen molar-refractivity contribution in [3.63, 3.8) is 0 Å². The van der Waals surface area contributed by atoms with Gasteiger partial charge in [-0.05, 0) is 69.7 Å². The van der Waals surface area contributed by atoms with Crippen LogP contribution < -0.4 is 10.1 Å². The number of hydrogen-bond acceptors (Lipinski definition) is 4. The molecule has 1 saturated heterocycles. The highest BCUT2D eigenvalue weighted by atomic mass is 16.5. The van der Waals surface area contributed by atoms with Crippen LogP contribution in [-0.4, -0.2) is 46.4 Å². The molecular formula is C24H29N3O4. The van der Waals surface area contributed by atoms with Crippen LogP contribution in [-0.2, 0) is 17.8 Å². The van der Waals surface area contributed by atoms with Crippen LogP contribution in [0, 0.1) is 19.8 Å². The summed E-state index contributed by atoms with van der Waals surface area (Å²) in [6.07, 6.45) is 2.68. The average molecular weight is 424 g/mol. The number of imide groups is 1. The number of ketones is 1. The van der Waals surface area contributed by atoms with Gasteiger partial charge in [0.25, 0.3) is 5.91 Å². The molecule has 1 atom stereocenters. The maximum atomic E-state index is 13.0. The number of ether oxygens (including phenoxy) is 1. The Morgan fingerprint density at radius 1 is 1.19 bits per heavy atom. The van der Waals surface area contributed by atoms with Crippen LogP contribution in [0.4, 0.5) is 4.79 Å². The maximum Gasteiger partial charge on any atom is 0.325 e. The molecule has 1 N–H and O–H groups in total. The van der Waals surface area contributed by atoms with Crippen molar-refractivity contribution in [1.82, 2.24) is 14.8 Å². The van der Waals surface area contributed by atoms with Gasteiger partial charge < -0.3 is 14.6 Å². The molecular weight excluding hydrogens is 394 g/mol. The second-order valence-electron chi connectivity index (χ2n) is 8.76. The first kappa shape index (κ1) is 21.2. The van der Waals surface area contributed by atoms with Crippen LogP contribution >= 0.6 is 0 Å². The van der Waals surface area contributed by atoms with Gasteiger partial charge in [0.1, 0.15) is 11.3 Å². The smallest absolute Gasteiger partial charge is 0.325 e. The minimum absolute atomic E-state index is 0.173. The van der Waals surface area contributed by atoms with E-state index in [1.165, 1.54) is 5.56 Å². The summed E-state index contributed by atoms with van der Waals surface area (Å²) in [7, 11) is 1.64. The molecule has 2 fully saturated rings. The molecule has 164 valence electrons. The van der Waals surface area contributed by atoms with E-state index in [0.29, 0.717) is 5.56 Å². The third-order valence-corrected chi connectivity index (χ3v) is 6.65. The molecule has 0 spiro atoms. The highest BCUT2D eigenvalue weighted by Crippen LogP contribution is 2.42. The molecule has 2 aliphatic rings. The van der Waals surface area contributed by atoms with Crippen LogP contribution in [0.1, 0.15) is 47.1 Å². The van der Waals surface area contributed by atoms with E-state index in [1.54, 1.807) is 14.0 Å². The third-order valence-electron chi connectivity index (χ3n) is 6.65. The Morgan fingerprint density at radius 2 is 1.87 bits per heavy atom. The standard InChI is InChI=1S/C24H29N3O4/c1-15-13-20(16(2)26(15)12-11-17-5-9-19(31-4)10-6-17)21(28)14-27-22(29)24(3,18-7-8-18)25-23(27)30/h5-6,9-10,13,18H,7-8,11-12,14H2,1-4H3,(H,25,30)/t24-/m1/s1. The van der Waals surface area contributed by atoms with Gasteiger partial charge in [-0.2, -0.15) is 0 Å². The zero-order chi connectivity index (χ0) is 22.3. The zero-order valence-electron chi connectivity index (χ0n) is 18.5. The number of aryl methyl sites for hydroxylation is 2. The summed E-state index contributed by atoms with van der Waals surface area (Å²) in [6.45, 7) is 6.15. The number of hydrogen-bond donors (Lipinski definition) is 1. The molecule has 1 aliphatic heterocycles. The summed E-state index contributed by atoms with van der Waals surface area (Å²) in [5, 5.41) is 2.80. The molecule has 0 radical (unpaired) electrons. The highest BCUT2D eigenvalue weighted by Gasteiger charge is 2.56. The minimum atomic E-state index is -0.868. The van der Waals surface area contributed by atoms with E-state index in [-0.39, 0.29) is 24.2 Å². The Bertz CT molecular complexity index is 1040. The molecule has 1 aromatic heterocycles. The van der Waals surface area contributed by atoms with Gasteiger partial charge in [0.2, 0.25) is 0 Å². The second-order valence-corrected chi connectivity index (χ2v) is 8.76. The Balaban J connectivity index is 1.45. The Labute approximate surface area is 182 Å². The number of carbonyl (C=O) groups is 3. The summed E-state index contributed by atoms with van der Waals surface area (Å²) in [6, 6.07) is 9.33. The number of urea groups is 1. The van der Waals surface area contributed by atoms with Crippen LogP contribution in [0.25, 0.3) is 0 Å². The molecule has 0 unspecified atom stereocenters. The number of Topliss-reactive ketones (excluding diaryl/α,β-unsaturated/α-hetero) is 1. The molecule has 2 aromatic rings. The molecule has 7 heteroatoms. The Kier molecular flexibility index (Phi) is 5.37. The van der Waals surface area contributed by atoms with Crippen molar-refractivity contribution in [2.75, 3.05) is 13.7 Å². The first-order valence-electron chi connectivity index (χ1n) is 10.7. The fourth-order valence-corrected chi connectivity index (χ4v) is 4.49. The summed E-state index contributed by atoms with van der Waals surface area (Å²) < 4.78 is 7.31. The van der Waals surface area contributed by atoms with E-state index in [2.05, 4.69) is 9.88 Å². The number of carbonyl (C=O) groups excluding carboxylic acids is 3. The molecule has 4 rings (SSSR count). The predicted molar refractivity (Wildman–Crippen MR) is 116 cm³/mol. The second kappa shape index (κ2) is 7.87. The van der Waals surface area contributed by atoms with Crippen molar-refractivity contribution in [3.05, 3.63) is 52.8 Å². The number of nitrogens with zero attached hydrogens (tertiary/aromatic N) is 2. The lowest BCUT2D eigenvalue weighted by atomic mass is 9.96. The van der Waals surface area contributed by atoms with Crippen molar-refractivity contribution in [2.45, 2.75) is 52.1 Å². The Morgan fingerprint density at radius 3 is 2.48 bits per heavy atom. The van der Waals surface area contributed by atoms with Gasteiger partial charge in [-0.3, -0.25) is 14.5 Å². The van der Waals surface area contributed by atoms with E-state index in [9.17, 15) is 14.4 Å². The van der Waals surface area contributed by atoms with Crippen LogP contribution in [0.3, 0.4) is 0 Å². The number of aromatic nitrogens is 1. The van der Waals surface area contributed by atoms with Crippen molar-refractivity contribution in [2.24, 2.45) is 5.92 Å². The molecule has 1 aromatic carbocycles. The van der Waals surface area contributed by atoms with E-state index < -0.39 is 11.6 Å². The number of benzene rings is 1. The van der Waals surface area contributed by atoms with Crippen LogP contribution in [0.2, 0.25) is 0 Å². The van der Waals surface area contributed by atoms with Gasteiger partial charge >= 0.3 is 6.03 Å². The largest absolute Gasteiger partial charge is 0.497 e. The molecule has 3 amide bonds. The van der Waals surface area contributed by atoms with Crippen molar-refractivity contribution < 1.29 is 19.1 Å². The lowest BCUT2D eigenvalue weighted by molar-refractivity contribution is -0.131. The summed E-state index contributed by atoms with van der Waals surface area (Å²) in [5.41, 5.74) is 2.71. The zero-order valence-corrected chi connectivity index (χ0v) is 18.5. The molecule has 2 heterocycles. The molecule has 1 saturated carbocycles. The van der Waals surface area contributed by atoms with Gasteiger partial charge in [-0.15, -0.1) is 0 Å². The van der Waals surface area contributed by atoms with Crippen LogP contribution in [0.15, 0.2) is 30.3 Å². The average Bonchev–Trinajstić information content (AvgIpc) is 3.53. The summed E-state index contributed by atoms with van der Waals surface area (Å²) >= 11 is 0. The van der Waals surface area contributed by atoms with Gasteiger partial charge in [-0.1, -0.05) is 12.1 Å². The lowest BCUT2D eigenvalue weighted by Crippen LogP contribution is -2.46. The summed E-state index contributed by atoms with van der Waals surface area (Å²) in [4.78, 5) is 39.3. The summed E-state index contributed by atoms with van der Waals surface area (Å²) in [5.74, 6) is 0.490. The Hall–Kier alpha value is -3.09. The monoisotopic (exact) mass is 423 g/mol. The highest BCUT2D eigenvalue weighted by molar-refractivity contribution is 6.11. The number of methoxy groups -OCH3 is 1. The minimum Gasteiger partial charge on any atom is -0.497 e. The third kappa shape index (κ3) is 3.84. The quantitative estimate of drug-likeness (QED) is 0.522. The molecule has 0 bridgehead atoms. The van der Waals surface area contributed by atoms with Crippen molar-refractivity contribution in [1.29, 1.82) is 0 Å².